The number of rotatable bonds is 5. The predicted octanol–water partition coefficient (Wildman–Crippen LogP) is 1.94. The van der Waals surface area contributed by atoms with Crippen molar-refractivity contribution in [3.63, 3.8) is 0 Å². The van der Waals surface area contributed by atoms with Crippen LogP contribution in [0.5, 0.6) is 0 Å². The van der Waals surface area contributed by atoms with Gasteiger partial charge in [0.1, 0.15) is 0 Å². The zero-order chi connectivity index (χ0) is 12.1. The van der Waals surface area contributed by atoms with Crippen LogP contribution in [0.2, 0.25) is 0 Å². The van der Waals surface area contributed by atoms with Crippen LogP contribution >= 0.6 is 0 Å². The first-order valence-electron chi connectivity index (χ1n) is 6.41. The third-order valence-electron chi connectivity index (χ3n) is 3.67. The lowest BCUT2D eigenvalue weighted by Crippen LogP contribution is -2.28. The molecule has 2 rings (SSSR count). The molecular weight excluding hydrogens is 210 g/mol. The Balaban J connectivity index is 1.99. The molecule has 1 saturated heterocycles. The van der Waals surface area contributed by atoms with E-state index in [1.807, 2.05) is 12.5 Å². The van der Waals surface area contributed by atoms with Crippen LogP contribution in [0.3, 0.4) is 0 Å². The minimum Gasteiger partial charge on any atom is -0.334 e. The van der Waals surface area contributed by atoms with Gasteiger partial charge in [-0.25, -0.2) is 4.98 Å². The van der Waals surface area contributed by atoms with Crippen molar-refractivity contribution in [1.29, 1.82) is 0 Å². The summed E-state index contributed by atoms with van der Waals surface area (Å²) in [5, 5.41) is 3.44. The van der Waals surface area contributed by atoms with Crippen molar-refractivity contribution in [3.05, 3.63) is 18.2 Å². The maximum Gasteiger partial charge on any atom is 0.0948 e. The monoisotopic (exact) mass is 231 g/mol. The lowest BCUT2D eigenvalue weighted by molar-refractivity contribution is 0.464. The maximum atomic E-state index is 5.26. The SMILES string of the molecule is C#CCCCCn1cncc1C1(C)CCNC1. The molecule has 0 bridgehead atoms. The molecular formula is C14H21N3. The van der Waals surface area contributed by atoms with Crippen molar-refractivity contribution < 1.29 is 0 Å². The minimum absolute atomic E-state index is 0.253. The summed E-state index contributed by atoms with van der Waals surface area (Å²) in [4.78, 5) is 4.31. The first kappa shape index (κ1) is 12.2. The van der Waals surface area contributed by atoms with Gasteiger partial charge < -0.3 is 9.88 Å². The molecule has 1 aliphatic rings. The van der Waals surface area contributed by atoms with Crippen LogP contribution < -0.4 is 5.32 Å². The van der Waals surface area contributed by atoms with E-state index in [0.29, 0.717) is 0 Å². The molecule has 3 nitrogen and oxygen atoms in total. The van der Waals surface area contributed by atoms with E-state index in [1.165, 1.54) is 12.1 Å². The van der Waals surface area contributed by atoms with Gasteiger partial charge in [-0.1, -0.05) is 6.92 Å². The molecule has 0 radical (unpaired) electrons. The van der Waals surface area contributed by atoms with E-state index in [4.69, 9.17) is 6.42 Å². The normalized spacial score (nSPS) is 23.8. The molecule has 0 amide bonds. The summed E-state index contributed by atoms with van der Waals surface area (Å²) >= 11 is 0. The number of unbranched alkanes of at least 4 members (excludes halogenated alkanes) is 2. The molecule has 0 aromatic carbocycles. The fourth-order valence-corrected chi connectivity index (χ4v) is 2.55. The van der Waals surface area contributed by atoms with Gasteiger partial charge in [0.15, 0.2) is 0 Å². The quantitative estimate of drug-likeness (QED) is 0.620. The number of terminal acetylenes is 1. The van der Waals surface area contributed by atoms with Gasteiger partial charge in [0, 0.05) is 36.8 Å². The molecule has 17 heavy (non-hydrogen) atoms. The first-order valence-corrected chi connectivity index (χ1v) is 6.41. The van der Waals surface area contributed by atoms with E-state index < -0.39 is 0 Å². The Morgan fingerprint density at radius 1 is 1.59 bits per heavy atom. The van der Waals surface area contributed by atoms with Gasteiger partial charge in [-0.05, 0) is 25.8 Å². The van der Waals surface area contributed by atoms with E-state index in [-0.39, 0.29) is 5.41 Å². The maximum absolute atomic E-state index is 5.26. The highest BCUT2D eigenvalue weighted by Crippen LogP contribution is 2.29. The zero-order valence-corrected chi connectivity index (χ0v) is 10.6. The molecule has 0 saturated carbocycles. The van der Waals surface area contributed by atoms with Crippen molar-refractivity contribution in [3.8, 4) is 12.3 Å². The smallest absolute Gasteiger partial charge is 0.0948 e. The molecule has 0 spiro atoms. The zero-order valence-electron chi connectivity index (χ0n) is 10.6. The van der Waals surface area contributed by atoms with Gasteiger partial charge >= 0.3 is 0 Å². The molecule has 1 aromatic rings. The second-order valence-electron chi connectivity index (χ2n) is 5.12. The van der Waals surface area contributed by atoms with Crippen LogP contribution in [0.1, 0.15) is 38.3 Å². The Labute approximate surface area is 104 Å². The van der Waals surface area contributed by atoms with Crippen LogP contribution in [0, 0.1) is 12.3 Å². The van der Waals surface area contributed by atoms with E-state index in [1.54, 1.807) is 0 Å². The Hall–Kier alpha value is -1.27. The summed E-state index contributed by atoms with van der Waals surface area (Å²) in [7, 11) is 0. The highest BCUT2D eigenvalue weighted by atomic mass is 15.1. The number of aryl methyl sites for hydroxylation is 1. The molecule has 3 heteroatoms. The molecule has 1 atom stereocenters. The molecule has 1 fully saturated rings. The summed E-state index contributed by atoms with van der Waals surface area (Å²) < 4.78 is 2.30. The number of hydrogen-bond donors (Lipinski definition) is 1. The summed E-state index contributed by atoms with van der Waals surface area (Å²) in [6.45, 7) is 5.52. The van der Waals surface area contributed by atoms with E-state index in [9.17, 15) is 0 Å². The van der Waals surface area contributed by atoms with Gasteiger partial charge in [-0.15, -0.1) is 12.3 Å². The molecule has 2 heterocycles. The average Bonchev–Trinajstić information content (AvgIpc) is 2.94. The minimum atomic E-state index is 0.253. The standard InChI is InChI=1S/C14H21N3/c1-3-4-5-6-9-17-12-16-10-13(17)14(2)7-8-15-11-14/h1,10,12,15H,4-9,11H2,2H3. The Morgan fingerprint density at radius 2 is 2.47 bits per heavy atom. The third kappa shape index (κ3) is 2.70. The number of aromatic nitrogens is 2. The fraction of sp³-hybridized carbons (Fsp3) is 0.643. The Kier molecular flexibility index (Phi) is 3.86. The van der Waals surface area contributed by atoms with E-state index >= 15 is 0 Å². The van der Waals surface area contributed by atoms with Gasteiger partial charge in [0.25, 0.3) is 0 Å². The number of imidazole rings is 1. The third-order valence-corrected chi connectivity index (χ3v) is 3.67. The first-order chi connectivity index (χ1) is 8.26. The van der Waals surface area contributed by atoms with Crippen LogP contribution in [0.25, 0.3) is 0 Å². The molecule has 1 unspecified atom stereocenters. The van der Waals surface area contributed by atoms with Gasteiger partial charge in [-0.3, -0.25) is 0 Å². The van der Waals surface area contributed by atoms with Crippen LogP contribution in [-0.2, 0) is 12.0 Å². The summed E-state index contributed by atoms with van der Waals surface area (Å²) in [6.07, 6.45) is 13.5. The Bertz CT molecular complexity index is 394. The van der Waals surface area contributed by atoms with Crippen LogP contribution in [0.4, 0.5) is 0 Å². The lowest BCUT2D eigenvalue weighted by Gasteiger charge is -2.24. The van der Waals surface area contributed by atoms with E-state index in [2.05, 4.69) is 27.7 Å². The van der Waals surface area contributed by atoms with Crippen molar-refractivity contribution in [2.45, 2.75) is 44.6 Å². The van der Waals surface area contributed by atoms with Gasteiger partial charge in [0.2, 0.25) is 0 Å². The molecule has 0 aliphatic carbocycles. The molecule has 92 valence electrons. The summed E-state index contributed by atoms with van der Waals surface area (Å²) in [6, 6.07) is 0. The number of nitrogens with zero attached hydrogens (tertiary/aromatic N) is 2. The summed E-state index contributed by atoms with van der Waals surface area (Å²) in [5.74, 6) is 2.69. The summed E-state index contributed by atoms with van der Waals surface area (Å²) in [5.41, 5.74) is 1.62. The highest BCUT2D eigenvalue weighted by molar-refractivity contribution is 5.17. The number of nitrogens with one attached hydrogen (secondary N) is 1. The molecule has 1 aromatic heterocycles. The predicted molar refractivity (Wildman–Crippen MR) is 69.7 cm³/mol. The Morgan fingerprint density at radius 3 is 3.18 bits per heavy atom. The topological polar surface area (TPSA) is 29.9 Å². The van der Waals surface area contributed by atoms with Gasteiger partial charge in [0.05, 0.1) is 6.33 Å². The molecule has 1 N–H and O–H groups in total. The van der Waals surface area contributed by atoms with E-state index in [0.717, 1.165) is 38.9 Å². The van der Waals surface area contributed by atoms with Crippen molar-refractivity contribution >= 4 is 0 Å². The fourth-order valence-electron chi connectivity index (χ4n) is 2.55. The molecule has 1 aliphatic heterocycles. The van der Waals surface area contributed by atoms with Crippen molar-refractivity contribution in [2.24, 2.45) is 0 Å². The van der Waals surface area contributed by atoms with Crippen molar-refractivity contribution in [2.75, 3.05) is 13.1 Å². The second kappa shape index (κ2) is 5.37. The second-order valence-corrected chi connectivity index (χ2v) is 5.12. The van der Waals surface area contributed by atoms with Crippen LogP contribution in [0.15, 0.2) is 12.5 Å². The van der Waals surface area contributed by atoms with Crippen molar-refractivity contribution in [1.82, 2.24) is 14.9 Å². The highest BCUT2D eigenvalue weighted by Gasteiger charge is 2.33. The largest absolute Gasteiger partial charge is 0.334 e. The van der Waals surface area contributed by atoms with Crippen LogP contribution in [-0.4, -0.2) is 22.6 Å². The average molecular weight is 231 g/mol. The van der Waals surface area contributed by atoms with Gasteiger partial charge in [-0.2, -0.15) is 0 Å². The lowest BCUT2D eigenvalue weighted by atomic mass is 9.86. The number of hydrogen-bond acceptors (Lipinski definition) is 2.